The van der Waals surface area contributed by atoms with Crippen molar-refractivity contribution in [1.82, 2.24) is 0 Å². The van der Waals surface area contributed by atoms with Crippen molar-refractivity contribution >= 4 is 28.2 Å². The molecule has 0 radical (unpaired) electrons. The summed E-state index contributed by atoms with van der Waals surface area (Å²) in [5, 5.41) is 5.50. The maximum atomic E-state index is 12.7. The molecule has 5 nitrogen and oxygen atoms in total. The zero-order valence-corrected chi connectivity index (χ0v) is 16.1. The zero-order valence-electron chi connectivity index (χ0n) is 15.3. The number of anilines is 1. The second-order valence-corrected chi connectivity index (χ2v) is 7.83. The monoisotopic (exact) mass is 385 g/mol. The van der Waals surface area contributed by atoms with Gasteiger partial charge in [0.2, 0.25) is 5.91 Å². The minimum atomic E-state index is -0.352. The van der Waals surface area contributed by atoms with Gasteiger partial charge in [0.15, 0.2) is 0 Å². The second kappa shape index (κ2) is 7.82. The molecule has 0 bridgehead atoms. The lowest BCUT2D eigenvalue weighted by Gasteiger charge is -2.25. The predicted octanol–water partition coefficient (Wildman–Crippen LogP) is 4.44. The molecule has 1 unspecified atom stereocenters. The molecule has 142 valence electrons. The normalized spacial score (nSPS) is 18.6. The third-order valence-electron chi connectivity index (χ3n) is 5.03. The Balaban J connectivity index is 1.50. The molecule has 1 aliphatic heterocycles. The summed E-state index contributed by atoms with van der Waals surface area (Å²) in [5.74, 6) is -0.0819. The van der Waals surface area contributed by atoms with Crippen molar-refractivity contribution in [2.75, 3.05) is 18.5 Å². The molecule has 4 rings (SSSR count). The minimum absolute atomic E-state index is 0.147. The van der Waals surface area contributed by atoms with Crippen LogP contribution in [0.1, 0.15) is 65.3 Å². The number of thiophene rings is 1. The first-order valence-corrected chi connectivity index (χ1v) is 10.3. The van der Waals surface area contributed by atoms with Gasteiger partial charge >= 0.3 is 5.97 Å². The average molecular weight is 385 g/mol. The van der Waals surface area contributed by atoms with Crippen molar-refractivity contribution in [1.29, 1.82) is 0 Å². The number of amides is 1. The second-order valence-electron chi connectivity index (χ2n) is 6.95. The highest BCUT2D eigenvalue weighted by molar-refractivity contribution is 7.15. The topological polar surface area (TPSA) is 64.6 Å². The predicted molar refractivity (Wildman–Crippen MR) is 104 cm³/mol. The summed E-state index contributed by atoms with van der Waals surface area (Å²) in [6.45, 7) is 2.73. The van der Waals surface area contributed by atoms with E-state index >= 15 is 0 Å². The first-order chi connectivity index (χ1) is 13.2. The van der Waals surface area contributed by atoms with E-state index in [-0.39, 0.29) is 24.4 Å². The van der Waals surface area contributed by atoms with Crippen LogP contribution in [0.2, 0.25) is 0 Å². The van der Waals surface area contributed by atoms with Gasteiger partial charge in [0.05, 0.1) is 31.3 Å². The highest BCUT2D eigenvalue weighted by atomic mass is 32.1. The fraction of sp³-hybridized carbons (Fsp3) is 0.429. The Labute approximate surface area is 162 Å². The standard InChI is InChI=1S/C21H23NO4S/c1-2-25-21(24)19-16(14-7-8-14)12-27-20(19)22-18(23)11-17-15-6-4-3-5-13(15)9-10-26-17/h3-6,12,14,17H,2,7-11H2,1H3,(H,22,23). The maximum absolute atomic E-state index is 12.7. The lowest BCUT2D eigenvalue weighted by atomic mass is 9.95. The molecule has 1 amide bonds. The number of hydrogen-bond acceptors (Lipinski definition) is 5. The fourth-order valence-corrected chi connectivity index (χ4v) is 4.61. The van der Waals surface area contributed by atoms with Crippen molar-refractivity contribution in [3.05, 3.63) is 51.9 Å². The van der Waals surface area contributed by atoms with Crippen molar-refractivity contribution in [2.45, 2.75) is 44.6 Å². The summed E-state index contributed by atoms with van der Waals surface area (Å²) in [7, 11) is 0. The van der Waals surface area contributed by atoms with Gasteiger partial charge in [0.1, 0.15) is 5.00 Å². The van der Waals surface area contributed by atoms with Crippen molar-refractivity contribution in [2.24, 2.45) is 0 Å². The Bertz CT molecular complexity index is 856. The maximum Gasteiger partial charge on any atom is 0.341 e. The average Bonchev–Trinajstić information content (AvgIpc) is 3.43. The third-order valence-corrected chi connectivity index (χ3v) is 5.95. The Morgan fingerprint density at radius 3 is 2.85 bits per heavy atom. The van der Waals surface area contributed by atoms with Gasteiger partial charge in [-0.3, -0.25) is 4.79 Å². The van der Waals surface area contributed by atoms with E-state index in [0.29, 0.717) is 29.7 Å². The number of benzene rings is 1. The van der Waals surface area contributed by atoms with Crippen molar-refractivity contribution < 1.29 is 19.1 Å². The van der Waals surface area contributed by atoms with Crippen LogP contribution >= 0.6 is 11.3 Å². The number of carbonyl (C=O) groups excluding carboxylic acids is 2. The molecular formula is C21H23NO4S. The highest BCUT2D eigenvalue weighted by Gasteiger charge is 2.32. The van der Waals surface area contributed by atoms with Gasteiger partial charge in [-0.05, 0) is 54.2 Å². The summed E-state index contributed by atoms with van der Waals surface area (Å²) < 4.78 is 11.0. The molecule has 2 heterocycles. The molecule has 2 aromatic rings. The number of fused-ring (bicyclic) bond motifs is 1. The lowest BCUT2D eigenvalue weighted by Crippen LogP contribution is -2.22. The van der Waals surface area contributed by atoms with Crippen LogP contribution in [-0.2, 0) is 20.7 Å². The van der Waals surface area contributed by atoms with Crippen LogP contribution in [0.25, 0.3) is 0 Å². The summed E-state index contributed by atoms with van der Waals surface area (Å²) >= 11 is 1.40. The van der Waals surface area contributed by atoms with E-state index in [1.807, 2.05) is 23.6 Å². The Kier molecular flexibility index (Phi) is 5.27. The molecule has 1 aromatic heterocycles. The van der Waals surface area contributed by atoms with E-state index in [0.717, 1.165) is 30.4 Å². The molecular weight excluding hydrogens is 362 g/mol. The van der Waals surface area contributed by atoms with Crippen LogP contribution < -0.4 is 5.32 Å². The number of carbonyl (C=O) groups is 2. The Morgan fingerprint density at radius 1 is 1.26 bits per heavy atom. The van der Waals surface area contributed by atoms with E-state index in [9.17, 15) is 9.59 Å². The molecule has 27 heavy (non-hydrogen) atoms. The van der Waals surface area contributed by atoms with Gasteiger partial charge in [0.25, 0.3) is 0 Å². The molecule has 2 aliphatic rings. The van der Waals surface area contributed by atoms with E-state index in [2.05, 4.69) is 11.4 Å². The number of hydrogen-bond donors (Lipinski definition) is 1. The lowest BCUT2D eigenvalue weighted by molar-refractivity contribution is -0.119. The van der Waals surface area contributed by atoms with E-state index in [4.69, 9.17) is 9.47 Å². The first kappa shape index (κ1) is 18.2. The molecule has 1 aliphatic carbocycles. The summed E-state index contributed by atoms with van der Waals surface area (Å²) in [5.41, 5.74) is 3.85. The van der Waals surface area contributed by atoms with Gasteiger partial charge in [-0.1, -0.05) is 24.3 Å². The molecule has 1 fully saturated rings. The number of esters is 1. The van der Waals surface area contributed by atoms with Gasteiger partial charge < -0.3 is 14.8 Å². The molecule has 1 aromatic carbocycles. The summed E-state index contributed by atoms with van der Waals surface area (Å²) in [6.07, 6.45) is 3.03. The molecule has 6 heteroatoms. The van der Waals surface area contributed by atoms with Gasteiger partial charge in [-0.2, -0.15) is 0 Å². The van der Waals surface area contributed by atoms with Gasteiger partial charge in [0, 0.05) is 0 Å². The molecule has 1 saturated carbocycles. The van der Waals surface area contributed by atoms with Crippen LogP contribution in [0.15, 0.2) is 29.6 Å². The van der Waals surface area contributed by atoms with E-state index < -0.39 is 0 Å². The van der Waals surface area contributed by atoms with Crippen LogP contribution in [0, 0.1) is 0 Å². The Hall–Kier alpha value is -2.18. The molecule has 1 N–H and O–H groups in total. The van der Waals surface area contributed by atoms with E-state index in [1.54, 1.807) is 6.92 Å². The third kappa shape index (κ3) is 3.92. The summed E-state index contributed by atoms with van der Waals surface area (Å²) in [4.78, 5) is 25.1. The highest BCUT2D eigenvalue weighted by Crippen LogP contribution is 2.46. The smallest absolute Gasteiger partial charge is 0.341 e. The van der Waals surface area contributed by atoms with E-state index in [1.165, 1.54) is 16.9 Å². The Morgan fingerprint density at radius 2 is 2.07 bits per heavy atom. The van der Waals surface area contributed by atoms with Crippen LogP contribution in [0.3, 0.4) is 0 Å². The molecule has 0 spiro atoms. The van der Waals surface area contributed by atoms with Crippen LogP contribution in [-0.4, -0.2) is 25.1 Å². The van der Waals surface area contributed by atoms with Crippen LogP contribution in [0.5, 0.6) is 0 Å². The molecule has 1 atom stereocenters. The SMILES string of the molecule is CCOC(=O)c1c(C2CC2)csc1NC(=O)CC1OCCc2ccccc21. The fourth-order valence-electron chi connectivity index (χ4n) is 3.56. The summed E-state index contributed by atoms with van der Waals surface area (Å²) in [6, 6.07) is 8.09. The molecule has 0 saturated heterocycles. The number of ether oxygens (including phenoxy) is 2. The number of rotatable bonds is 6. The largest absolute Gasteiger partial charge is 0.462 e. The zero-order chi connectivity index (χ0) is 18.8. The van der Waals surface area contributed by atoms with Crippen molar-refractivity contribution in [3.8, 4) is 0 Å². The first-order valence-electron chi connectivity index (χ1n) is 9.45. The quantitative estimate of drug-likeness (QED) is 0.747. The van der Waals surface area contributed by atoms with Crippen LogP contribution in [0.4, 0.5) is 5.00 Å². The van der Waals surface area contributed by atoms with Gasteiger partial charge in [-0.25, -0.2) is 4.79 Å². The van der Waals surface area contributed by atoms with Gasteiger partial charge in [-0.15, -0.1) is 11.3 Å². The number of nitrogens with one attached hydrogen (secondary N) is 1. The minimum Gasteiger partial charge on any atom is -0.462 e. The van der Waals surface area contributed by atoms with Crippen molar-refractivity contribution in [3.63, 3.8) is 0 Å².